The van der Waals surface area contributed by atoms with Crippen LogP contribution in [-0.2, 0) is 6.54 Å². The topological polar surface area (TPSA) is 43.2 Å². The van der Waals surface area contributed by atoms with Gasteiger partial charge in [0.1, 0.15) is 11.4 Å². The van der Waals surface area contributed by atoms with Gasteiger partial charge in [-0.05, 0) is 45.6 Å². The van der Waals surface area contributed by atoms with E-state index in [1.54, 1.807) is 0 Å². The number of carbonyl (C=O) groups excluding carboxylic acids is 1. The molecule has 126 valence electrons. The van der Waals surface area contributed by atoms with E-state index in [-0.39, 0.29) is 5.91 Å². The number of ether oxygens (including phenoxy) is 2. The number of hydrogen-bond acceptors (Lipinski definition) is 4. The molecule has 0 atom stereocenters. The second-order valence-electron chi connectivity index (χ2n) is 6.00. The van der Waals surface area contributed by atoms with Crippen LogP contribution in [0.2, 0.25) is 0 Å². The van der Waals surface area contributed by atoms with E-state index in [2.05, 4.69) is 28.1 Å². The van der Waals surface area contributed by atoms with Crippen LogP contribution in [0, 0.1) is 0 Å². The Balaban J connectivity index is 1.35. The molecule has 0 saturated carbocycles. The summed E-state index contributed by atoms with van der Waals surface area (Å²) in [6.45, 7) is 4.77. The molecule has 1 fully saturated rings. The van der Waals surface area contributed by atoms with E-state index < -0.39 is 0 Å². The molecule has 7 heteroatoms. The van der Waals surface area contributed by atoms with Crippen molar-refractivity contribution >= 4 is 33.2 Å². The summed E-state index contributed by atoms with van der Waals surface area (Å²) in [5, 5.41) is 1.94. The van der Waals surface area contributed by atoms with Crippen LogP contribution in [0.1, 0.15) is 15.2 Å². The molecule has 0 spiro atoms. The molecule has 1 aromatic heterocycles. The average molecular weight is 410 g/mol. The normalized spacial score (nSPS) is 17.3. The molecule has 24 heavy (non-hydrogen) atoms. The van der Waals surface area contributed by atoms with Gasteiger partial charge in [-0.25, -0.2) is 0 Å². The minimum atomic E-state index is 0.138. The van der Waals surface area contributed by atoms with Gasteiger partial charge in [0.25, 0.3) is 5.91 Å². The van der Waals surface area contributed by atoms with Gasteiger partial charge in [-0.2, -0.15) is 0 Å². The molecule has 2 aliphatic heterocycles. The number of thiophene rings is 1. The average Bonchev–Trinajstić information content (AvgIpc) is 3.23. The van der Waals surface area contributed by atoms with E-state index in [4.69, 9.17) is 9.47 Å². The Labute approximate surface area is 152 Å². The minimum Gasteiger partial charge on any atom is -0.454 e. The zero-order valence-electron chi connectivity index (χ0n) is 13.1. The Hall–Kier alpha value is -1.57. The summed E-state index contributed by atoms with van der Waals surface area (Å²) in [6.07, 6.45) is 0. The van der Waals surface area contributed by atoms with Crippen LogP contribution < -0.4 is 14.4 Å². The molecule has 0 aliphatic carbocycles. The number of fused-ring (bicyclic) bond motifs is 1. The number of amides is 1. The summed E-state index contributed by atoms with van der Waals surface area (Å²) >= 11 is 4.95. The summed E-state index contributed by atoms with van der Waals surface area (Å²) < 4.78 is 11.7. The third-order valence-corrected chi connectivity index (χ3v) is 6.29. The van der Waals surface area contributed by atoms with Crippen LogP contribution in [0.25, 0.3) is 0 Å². The van der Waals surface area contributed by atoms with Gasteiger partial charge in [-0.15, -0.1) is 11.3 Å². The fourth-order valence-electron chi connectivity index (χ4n) is 3.13. The zero-order chi connectivity index (χ0) is 16.5. The van der Waals surface area contributed by atoms with Crippen LogP contribution in [0.15, 0.2) is 34.1 Å². The third kappa shape index (κ3) is 3.16. The van der Waals surface area contributed by atoms with Crippen molar-refractivity contribution in [1.82, 2.24) is 4.90 Å². The largest absolute Gasteiger partial charge is 0.454 e. The molecule has 1 aromatic carbocycles. The van der Waals surface area contributed by atoms with Gasteiger partial charge < -0.3 is 19.3 Å². The number of hydrogen-bond donors (Lipinski definition) is 1. The molecule has 0 radical (unpaired) electrons. The molecule has 4 rings (SSSR count). The van der Waals surface area contributed by atoms with Crippen molar-refractivity contribution in [2.75, 3.05) is 33.0 Å². The van der Waals surface area contributed by atoms with E-state index in [0.717, 1.165) is 53.6 Å². The first kappa shape index (κ1) is 15.9. The number of quaternary nitrogens is 1. The van der Waals surface area contributed by atoms with Crippen molar-refractivity contribution in [1.29, 1.82) is 0 Å². The van der Waals surface area contributed by atoms with Crippen molar-refractivity contribution in [2.24, 2.45) is 0 Å². The first-order valence-corrected chi connectivity index (χ1v) is 9.62. The smallest absolute Gasteiger partial charge is 0.265 e. The lowest BCUT2D eigenvalue weighted by Gasteiger charge is -2.32. The minimum absolute atomic E-state index is 0.138. The Morgan fingerprint density at radius 1 is 1.21 bits per heavy atom. The maximum atomic E-state index is 12.5. The third-order valence-electron chi connectivity index (χ3n) is 4.46. The van der Waals surface area contributed by atoms with Crippen molar-refractivity contribution in [3.05, 3.63) is 44.6 Å². The Kier molecular flexibility index (Phi) is 4.47. The highest BCUT2D eigenvalue weighted by atomic mass is 79.9. The van der Waals surface area contributed by atoms with Gasteiger partial charge in [-0.3, -0.25) is 4.79 Å². The first-order chi connectivity index (χ1) is 11.7. The van der Waals surface area contributed by atoms with Gasteiger partial charge in [0.2, 0.25) is 6.79 Å². The molecule has 1 N–H and O–H groups in total. The van der Waals surface area contributed by atoms with Crippen molar-refractivity contribution in [3.8, 4) is 11.5 Å². The van der Waals surface area contributed by atoms with E-state index in [9.17, 15) is 4.79 Å². The number of carbonyl (C=O) groups is 1. The lowest BCUT2D eigenvalue weighted by molar-refractivity contribution is -0.917. The van der Waals surface area contributed by atoms with E-state index in [0.29, 0.717) is 6.79 Å². The molecule has 0 unspecified atom stereocenters. The Bertz CT molecular complexity index is 756. The second kappa shape index (κ2) is 6.74. The van der Waals surface area contributed by atoms with Gasteiger partial charge in [0, 0.05) is 10.0 Å². The molecule has 1 amide bonds. The standard InChI is InChI=1S/C17H17BrN2O3S/c18-13-3-8-24-16(13)17(21)20-6-4-19(5-7-20)10-12-1-2-14-15(9-12)23-11-22-14/h1-3,8-9H,4-7,10-11H2/p+1. The molecule has 3 heterocycles. The summed E-state index contributed by atoms with van der Waals surface area (Å²) in [6, 6.07) is 8.07. The first-order valence-electron chi connectivity index (χ1n) is 7.95. The van der Waals surface area contributed by atoms with Crippen molar-refractivity contribution < 1.29 is 19.2 Å². The maximum Gasteiger partial charge on any atom is 0.265 e. The number of halogens is 1. The van der Waals surface area contributed by atoms with Crippen LogP contribution in [0.5, 0.6) is 11.5 Å². The van der Waals surface area contributed by atoms with Gasteiger partial charge >= 0.3 is 0 Å². The fourth-order valence-corrected chi connectivity index (χ4v) is 4.64. The van der Waals surface area contributed by atoms with Crippen LogP contribution in [0.4, 0.5) is 0 Å². The van der Waals surface area contributed by atoms with Gasteiger partial charge in [-0.1, -0.05) is 0 Å². The molecule has 2 aromatic rings. The molecular weight excluding hydrogens is 392 g/mol. The summed E-state index contributed by atoms with van der Waals surface area (Å²) in [5.41, 5.74) is 1.25. The van der Waals surface area contributed by atoms with E-state index >= 15 is 0 Å². The van der Waals surface area contributed by atoms with Gasteiger partial charge in [0.15, 0.2) is 11.5 Å². The number of piperazine rings is 1. The molecule has 2 aliphatic rings. The predicted molar refractivity (Wildman–Crippen MR) is 94.9 cm³/mol. The van der Waals surface area contributed by atoms with Crippen LogP contribution in [-0.4, -0.2) is 43.8 Å². The lowest BCUT2D eigenvalue weighted by atomic mass is 10.1. The molecule has 0 bridgehead atoms. The van der Waals surface area contributed by atoms with Gasteiger partial charge in [0.05, 0.1) is 26.2 Å². The summed E-state index contributed by atoms with van der Waals surface area (Å²) in [5.74, 6) is 1.80. The highest BCUT2D eigenvalue weighted by Crippen LogP contribution is 2.32. The fraction of sp³-hybridized carbons (Fsp3) is 0.353. The lowest BCUT2D eigenvalue weighted by Crippen LogP contribution is -3.13. The number of nitrogens with one attached hydrogen (secondary N) is 1. The van der Waals surface area contributed by atoms with Crippen molar-refractivity contribution in [3.63, 3.8) is 0 Å². The van der Waals surface area contributed by atoms with Crippen LogP contribution in [0.3, 0.4) is 0 Å². The predicted octanol–water partition coefficient (Wildman–Crippen LogP) is 1.78. The maximum absolute atomic E-state index is 12.5. The monoisotopic (exact) mass is 409 g/mol. The number of nitrogens with zero attached hydrogens (tertiary/aromatic N) is 1. The summed E-state index contributed by atoms with van der Waals surface area (Å²) in [7, 11) is 0. The van der Waals surface area contributed by atoms with E-state index in [1.807, 2.05) is 22.4 Å². The van der Waals surface area contributed by atoms with E-state index in [1.165, 1.54) is 21.8 Å². The number of rotatable bonds is 3. The zero-order valence-corrected chi connectivity index (χ0v) is 15.5. The quantitative estimate of drug-likeness (QED) is 0.839. The highest BCUT2D eigenvalue weighted by Gasteiger charge is 2.26. The Morgan fingerprint density at radius 3 is 2.75 bits per heavy atom. The molecule has 5 nitrogen and oxygen atoms in total. The molecular formula is C17H18BrN2O3S+. The van der Waals surface area contributed by atoms with Crippen LogP contribution >= 0.6 is 27.3 Å². The summed E-state index contributed by atoms with van der Waals surface area (Å²) in [4.78, 5) is 16.8. The SMILES string of the molecule is O=C(c1sccc1Br)N1CC[NH+](Cc2ccc3c(c2)OCO3)CC1. The highest BCUT2D eigenvalue weighted by molar-refractivity contribution is 9.10. The second-order valence-corrected chi connectivity index (χ2v) is 7.77. The Morgan fingerprint density at radius 2 is 2.00 bits per heavy atom. The molecule has 1 saturated heterocycles. The number of benzene rings is 1. The van der Waals surface area contributed by atoms with Crippen molar-refractivity contribution in [2.45, 2.75) is 6.54 Å².